The molecular weight excluding hydrogens is 167 g/mol. The normalized spacial score (nSPS) is 11.1. The summed E-state index contributed by atoms with van der Waals surface area (Å²) in [5.41, 5.74) is 7.88. The molecule has 2 nitrogen and oxygen atoms in total. The van der Waals surface area contributed by atoms with Crippen LogP contribution in [0, 0.1) is 19.7 Å². The minimum atomic E-state index is -0.338. The van der Waals surface area contributed by atoms with Gasteiger partial charge in [-0.25, -0.2) is 4.39 Å². The maximum Gasteiger partial charge on any atom is 0.149 e. The van der Waals surface area contributed by atoms with Gasteiger partial charge in [-0.05, 0) is 31.0 Å². The van der Waals surface area contributed by atoms with Crippen molar-refractivity contribution in [1.29, 1.82) is 0 Å². The molecule has 1 rings (SSSR count). The van der Waals surface area contributed by atoms with E-state index in [1.54, 1.807) is 20.2 Å². The van der Waals surface area contributed by atoms with Gasteiger partial charge in [0.25, 0.3) is 0 Å². The van der Waals surface area contributed by atoms with Gasteiger partial charge in [-0.1, -0.05) is 0 Å². The number of nitrogen functional groups attached to an aromatic ring is 1. The molecular formula is C10H13FN2. The zero-order valence-electron chi connectivity index (χ0n) is 8.06. The molecule has 1 aromatic carbocycles. The highest BCUT2D eigenvalue weighted by Crippen LogP contribution is 2.21. The van der Waals surface area contributed by atoms with Gasteiger partial charge in [0.05, 0.1) is 5.69 Å². The lowest BCUT2D eigenvalue weighted by molar-refractivity contribution is 0.621. The number of anilines is 1. The smallest absolute Gasteiger partial charge is 0.149 e. The van der Waals surface area contributed by atoms with E-state index in [-0.39, 0.29) is 11.5 Å². The van der Waals surface area contributed by atoms with E-state index in [0.717, 1.165) is 5.56 Å². The lowest BCUT2D eigenvalue weighted by atomic mass is 10.0. The van der Waals surface area contributed by atoms with Crippen LogP contribution in [-0.2, 0) is 0 Å². The van der Waals surface area contributed by atoms with E-state index in [1.807, 2.05) is 13.0 Å². The van der Waals surface area contributed by atoms with Crippen LogP contribution in [0.3, 0.4) is 0 Å². The first-order valence-electron chi connectivity index (χ1n) is 4.05. The first kappa shape index (κ1) is 9.71. The van der Waals surface area contributed by atoms with Gasteiger partial charge in [0.1, 0.15) is 5.82 Å². The number of aryl methyl sites for hydroxylation is 1. The van der Waals surface area contributed by atoms with Crippen molar-refractivity contribution in [2.24, 2.45) is 4.99 Å². The maximum atomic E-state index is 13.4. The fourth-order valence-electron chi connectivity index (χ4n) is 1.17. The molecule has 0 aliphatic rings. The van der Waals surface area contributed by atoms with Gasteiger partial charge in [-0.3, -0.25) is 4.99 Å². The van der Waals surface area contributed by atoms with Gasteiger partial charge in [0, 0.05) is 18.8 Å². The minimum Gasteiger partial charge on any atom is -0.396 e. The zero-order valence-corrected chi connectivity index (χ0v) is 8.06. The van der Waals surface area contributed by atoms with E-state index in [9.17, 15) is 4.39 Å². The van der Waals surface area contributed by atoms with Crippen molar-refractivity contribution in [3.8, 4) is 0 Å². The topological polar surface area (TPSA) is 38.4 Å². The molecule has 0 amide bonds. The summed E-state index contributed by atoms with van der Waals surface area (Å²) < 4.78 is 13.4. The monoisotopic (exact) mass is 180 g/mol. The summed E-state index contributed by atoms with van der Waals surface area (Å²) in [4.78, 5) is 3.81. The second kappa shape index (κ2) is 3.56. The van der Waals surface area contributed by atoms with E-state index in [1.165, 1.54) is 0 Å². The molecule has 0 bridgehead atoms. The summed E-state index contributed by atoms with van der Waals surface area (Å²) in [6.07, 6.45) is 1.56. The molecule has 2 N–H and O–H groups in total. The summed E-state index contributed by atoms with van der Waals surface area (Å²) in [7, 11) is 1.63. The van der Waals surface area contributed by atoms with Crippen molar-refractivity contribution in [3.05, 3.63) is 28.6 Å². The molecule has 0 spiro atoms. The summed E-state index contributed by atoms with van der Waals surface area (Å²) in [6, 6.07) is 1.83. The number of halogens is 1. The number of benzene rings is 1. The quantitative estimate of drug-likeness (QED) is 0.521. The second-order valence-electron chi connectivity index (χ2n) is 3.02. The SMILES string of the molecule is CN=Cc1cc(C)c(C)c(F)c1N. The van der Waals surface area contributed by atoms with Gasteiger partial charge in [0.2, 0.25) is 0 Å². The molecule has 3 heteroatoms. The zero-order chi connectivity index (χ0) is 10.0. The Labute approximate surface area is 77.3 Å². The Bertz CT molecular complexity index is 356. The Morgan fingerprint density at radius 1 is 1.46 bits per heavy atom. The summed E-state index contributed by atoms with van der Waals surface area (Å²) in [5.74, 6) is -0.338. The minimum absolute atomic E-state index is 0.175. The van der Waals surface area contributed by atoms with Crippen LogP contribution in [0.1, 0.15) is 16.7 Å². The molecule has 0 aliphatic carbocycles. The van der Waals surface area contributed by atoms with E-state index in [4.69, 9.17) is 5.73 Å². The number of rotatable bonds is 1. The van der Waals surface area contributed by atoms with Crippen molar-refractivity contribution in [1.82, 2.24) is 0 Å². The predicted molar refractivity (Wildman–Crippen MR) is 53.8 cm³/mol. The highest BCUT2D eigenvalue weighted by molar-refractivity contribution is 5.87. The van der Waals surface area contributed by atoms with Crippen LogP contribution in [-0.4, -0.2) is 13.3 Å². The Morgan fingerprint density at radius 2 is 2.08 bits per heavy atom. The summed E-state index contributed by atoms with van der Waals surface area (Å²) >= 11 is 0. The maximum absolute atomic E-state index is 13.4. The molecule has 0 radical (unpaired) electrons. The molecule has 0 unspecified atom stereocenters. The highest BCUT2D eigenvalue weighted by Gasteiger charge is 2.08. The average Bonchev–Trinajstić information content (AvgIpc) is 2.11. The lowest BCUT2D eigenvalue weighted by Gasteiger charge is -2.07. The number of nitrogens with two attached hydrogens (primary N) is 1. The van der Waals surface area contributed by atoms with Gasteiger partial charge < -0.3 is 5.73 Å². The van der Waals surface area contributed by atoms with Gasteiger partial charge in [-0.2, -0.15) is 0 Å². The van der Waals surface area contributed by atoms with E-state index >= 15 is 0 Å². The van der Waals surface area contributed by atoms with Gasteiger partial charge in [-0.15, -0.1) is 0 Å². The van der Waals surface area contributed by atoms with Crippen LogP contribution in [0.2, 0.25) is 0 Å². The third kappa shape index (κ3) is 1.69. The van der Waals surface area contributed by atoms with Crippen LogP contribution in [0.5, 0.6) is 0 Å². The molecule has 0 saturated heterocycles. The lowest BCUT2D eigenvalue weighted by Crippen LogP contribution is -2.01. The molecule has 70 valence electrons. The first-order chi connectivity index (χ1) is 6.07. The first-order valence-corrected chi connectivity index (χ1v) is 4.05. The van der Waals surface area contributed by atoms with E-state index < -0.39 is 0 Å². The van der Waals surface area contributed by atoms with Crippen LogP contribution in [0.15, 0.2) is 11.1 Å². The van der Waals surface area contributed by atoms with Crippen molar-refractivity contribution in [3.63, 3.8) is 0 Å². The largest absolute Gasteiger partial charge is 0.396 e. The highest BCUT2D eigenvalue weighted by atomic mass is 19.1. The molecule has 1 aromatic rings. The number of hydrogen-bond acceptors (Lipinski definition) is 2. The summed E-state index contributed by atoms with van der Waals surface area (Å²) in [6.45, 7) is 3.57. The fourth-order valence-corrected chi connectivity index (χ4v) is 1.17. The van der Waals surface area contributed by atoms with Crippen molar-refractivity contribution in [2.45, 2.75) is 13.8 Å². The Hall–Kier alpha value is -1.38. The third-order valence-corrected chi connectivity index (χ3v) is 2.11. The number of nitrogens with zero attached hydrogens (tertiary/aromatic N) is 1. The standard InChI is InChI=1S/C10H13FN2/c1-6-4-8(5-13-3)10(12)9(11)7(6)2/h4-5H,12H2,1-3H3. The van der Waals surface area contributed by atoms with E-state index in [2.05, 4.69) is 4.99 Å². The van der Waals surface area contributed by atoms with Gasteiger partial charge in [0.15, 0.2) is 0 Å². The van der Waals surface area contributed by atoms with Crippen molar-refractivity contribution < 1.29 is 4.39 Å². The summed E-state index contributed by atoms with van der Waals surface area (Å²) in [5, 5.41) is 0. The number of aliphatic imine (C=N–C) groups is 1. The van der Waals surface area contributed by atoms with Gasteiger partial charge >= 0.3 is 0 Å². The molecule has 0 aromatic heterocycles. The predicted octanol–water partition coefficient (Wildman–Crippen LogP) is 2.07. The molecule has 0 heterocycles. The third-order valence-electron chi connectivity index (χ3n) is 2.11. The van der Waals surface area contributed by atoms with Crippen LogP contribution in [0.25, 0.3) is 0 Å². The van der Waals surface area contributed by atoms with Crippen molar-refractivity contribution >= 4 is 11.9 Å². The Morgan fingerprint density at radius 3 is 2.62 bits per heavy atom. The molecule has 0 atom stereocenters. The number of hydrogen-bond donors (Lipinski definition) is 1. The molecule has 0 saturated carbocycles. The van der Waals surface area contributed by atoms with Crippen molar-refractivity contribution in [2.75, 3.05) is 12.8 Å². The Balaban J connectivity index is 3.40. The van der Waals surface area contributed by atoms with Crippen LogP contribution < -0.4 is 5.73 Å². The van der Waals surface area contributed by atoms with Crippen LogP contribution in [0.4, 0.5) is 10.1 Å². The van der Waals surface area contributed by atoms with Crippen LogP contribution >= 0.6 is 0 Å². The molecule has 0 aliphatic heterocycles. The molecule has 13 heavy (non-hydrogen) atoms. The Kier molecular flexibility index (Phi) is 2.66. The average molecular weight is 180 g/mol. The van der Waals surface area contributed by atoms with E-state index in [0.29, 0.717) is 11.1 Å². The molecule has 0 fully saturated rings. The second-order valence-corrected chi connectivity index (χ2v) is 3.02. The fraction of sp³-hybridized carbons (Fsp3) is 0.300.